The van der Waals surface area contributed by atoms with E-state index in [2.05, 4.69) is 48.2 Å². The van der Waals surface area contributed by atoms with Crippen molar-refractivity contribution in [3.8, 4) is 0 Å². The summed E-state index contributed by atoms with van der Waals surface area (Å²) in [5.41, 5.74) is 3.10. The van der Waals surface area contributed by atoms with E-state index in [1.165, 1.54) is 0 Å². The summed E-state index contributed by atoms with van der Waals surface area (Å²) < 4.78 is 0. The molecular weight excluding hydrogens is 398 g/mol. The number of amides is 1. The number of nitrogens with one attached hydrogen (secondary N) is 2. The molecule has 0 radical (unpaired) electrons. The highest BCUT2D eigenvalue weighted by atomic mass is 16.2. The van der Waals surface area contributed by atoms with Crippen LogP contribution in [0.2, 0.25) is 0 Å². The molecular formula is C26H37N5O. The zero-order valence-electron chi connectivity index (χ0n) is 20.1. The largest absolute Gasteiger partial charge is 0.339 e. The first-order chi connectivity index (χ1) is 15.1. The van der Waals surface area contributed by atoms with Crippen LogP contribution in [0.1, 0.15) is 77.1 Å². The number of hydrogen-bond acceptors (Lipinski definition) is 5. The minimum Gasteiger partial charge on any atom is -0.339 e. The van der Waals surface area contributed by atoms with E-state index in [4.69, 9.17) is 4.98 Å². The van der Waals surface area contributed by atoms with Gasteiger partial charge in [0.15, 0.2) is 0 Å². The summed E-state index contributed by atoms with van der Waals surface area (Å²) in [5, 5.41) is 7.05. The molecule has 2 saturated heterocycles. The Bertz CT molecular complexity index is 937. The fraction of sp³-hybridized carbons (Fsp3) is 0.577. The maximum atomic E-state index is 13.3. The summed E-state index contributed by atoms with van der Waals surface area (Å²) in [5.74, 6) is 1.53. The van der Waals surface area contributed by atoms with Gasteiger partial charge in [-0.25, -0.2) is 4.98 Å². The van der Waals surface area contributed by atoms with Gasteiger partial charge in [-0.05, 0) is 90.0 Å². The van der Waals surface area contributed by atoms with Crippen molar-refractivity contribution in [3.63, 3.8) is 0 Å². The van der Waals surface area contributed by atoms with E-state index in [-0.39, 0.29) is 23.0 Å². The Morgan fingerprint density at radius 3 is 2.56 bits per heavy atom. The third-order valence-electron chi connectivity index (χ3n) is 6.71. The molecule has 4 heterocycles. The van der Waals surface area contributed by atoms with Gasteiger partial charge in [0.1, 0.15) is 5.82 Å². The second-order valence-electron chi connectivity index (χ2n) is 10.9. The maximum Gasteiger partial charge on any atom is 0.223 e. The predicted molar refractivity (Wildman–Crippen MR) is 129 cm³/mol. The quantitative estimate of drug-likeness (QED) is 0.681. The fourth-order valence-corrected chi connectivity index (χ4v) is 5.84. The second-order valence-corrected chi connectivity index (χ2v) is 10.9. The summed E-state index contributed by atoms with van der Waals surface area (Å²) in [6, 6.07) is 8.13. The van der Waals surface area contributed by atoms with E-state index < -0.39 is 0 Å². The molecule has 2 fully saturated rings. The van der Waals surface area contributed by atoms with Crippen LogP contribution in [0.25, 0.3) is 0 Å². The van der Waals surface area contributed by atoms with Gasteiger partial charge < -0.3 is 15.5 Å². The highest BCUT2D eigenvalue weighted by Gasteiger charge is 2.40. The van der Waals surface area contributed by atoms with Crippen molar-refractivity contribution in [1.82, 2.24) is 20.2 Å². The third-order valence-corrected chi connectivity index (χ3v) is 6.71. The number of anilines is 2. The van der Waals surface area contributed by atoms with E-state index in [1.807, 2.05) is 37.4 Å². The molecule has 0 aromatic carbocycles. The molecule has 6 heteroatoms. The average Bonchev–Trinajstić information content (AvgIpc) is 3.18. The lowest BCUT2D eigenvalue weighted by atomic mass is 9.74. The van der Waals surface area contributed by atoms with Crippen molar-refractivity contribution in [2.45, 2.75) is 83.8 Å². The van der Waals surface area contributed by atoms with Gasteiger partial charge in [-0.1, -0.05) is 6.07 Å². The molecule has 0 spiro atoms. The molecule has 0 saturated carbocycles. The summed E-state index contributed by atoms with van der Waals surface area (Å²) in [6.07, 6.45) is 8.34. The Hall–Kier alpha value is -2.47. The number of piperidine rings is 1. The fourth-order valence-electron chi connectivity index (χ4n) is 5.84. The summed E-state index contributed by atoms with van der Waals surface area (Å²) in [4.78, 5) is 24.5. The predicted octanol–water partition coefficient (Wildman–Crippen LogP) is 5.14. The number of pyridine rings is 2. The molecule has 32 heavy (non-hydrogen) atoms. The average molecular weight is 436 g/mol. The number of aryl methyl sites for hydroxylation is 1. The zero-order chi connectivity index (χ0) is 22.9. The number of nitrogens with zero attached hydrogens (tertiary/aromatic N) is 3. The lowest BCUT2D eigenvalue weighted by molar-refractivity contribution is -0.133. The first-order valence-electron chi connectivity index (χ1n) is 11.9. The van der Waals surface area contributed by atoms with Gasteiger partial charge >= 0.3 is 0 Å². The number of carbonyl (C=O) groups is 1. The molecule has 6 nitrogen and oxygen atoms in total. The summed E-state index contributed by atoms with van der Waals surface area (Å²) in [7, 11) is 0. The smallest absolute Gasteiger partial charge is 0.223 e. The molecule has 0 bridgehead atoms. The number of rotatable bonds is 5. The minimum absolute atomic E-state index is 0.0630. The van der Waals surface area contributed by atoms with Crippen molar-refractivity contribution >= 4 is 17.4 Å². The van der Waals surface area contributed by atoms with Gasteiger partial charge in [-0.2, -0.15) is 0 Å². The molecule has 0 aliphatic carbocycles. The van der Waals surface area contributed by atoms with Gasteiger partial charge in [-0.3, -0.25) is 9.78 Å². The first-order valence-corrected chi connectivity index (χ1v) is 11.9. The highest BCUT2D eigenvalue weighted by Crippen LogP contribution is 2.37. The summed E-state index contributed by atoms with van der Waals surface area (Å²) >= 11 is 0. The van der Waals surface area contributed by atoms with Crippen molar-refractivity contribution in [2.75, 3.05) is 11.9 Å². The monoisotopic (exact) mass is 435 g/mol. The van der Waals surface area contributed by atoms with E-state index in [0.717, 1.165) is 55.0 Å². The Morgan fingerprint density at radius 1 is 1.16 bits per heavy atom. The van der Waals surface area contributed by atoms with Crippen molar-refractivity contribution in [2.24, 2.45) is 5.92 Å². The molecule has 0 unspecified atom stereocenters. The van der Waals surface area contributed by atoms with Gasteiger partial charge in [-0.15, -0.1) is 0 Å². The standard InChI is InChI=1S/C26H37N5O/c1-18-8-6-12-27-24(18)29-20-10-11-21(28-17-20)22-9-7-13-31(22)23(32)14-19-15-25(2,3)30-26(4,5)16-19/h6,8,10-12,17,19,22,30H,7,9,13-16H2,1-5H3,(H,27,29)/t22-/m1/s1. The number of carbonyl (C=O) groups excluding carboxylic acids is 1. The molecule has 1 amide bonds. The highest BCUT2D eigenvalue weighted by molar-refractivity contribution is 5.77. The van der Waals surface area contributed by atoms with Crippen molar-refractivity contribution in [1.29, 1.82) is 0 Å². The molecule has 2 aromatic rings. The lowest BCUT2D eigenvalue weighted by Gasteiger charge is -2.46. The SMILES string of the molecule is Cc1cccnc1Nc1ccc([C@H]2CCCN2C(=O)CC2CC(C)(C)NC(C)(C)C2)nc1. The van der Waals surface area contributed by atoms with Crippen molar-refractivity contribution in [3.05, 3.63) is 47.9 Å². The number of aromatic nitrogens is 2. The maximum absolute atomic E-state index is 13.3. The lowest BCUT2D eigenvalue weighted by Crippen LogP contribution is -2.58. The van der Waals surface area contributed by atoms with Gasteiger partial charge in [0.05, 0.1) is 23.6 Å². The van der Waals surface area contributed by atoms with Crippen LogP contribution in [0.4, 0.5) is 11.5 Å². The van der Waals surface area contributed by atoms with Gasteiger partial charge in [0.25, 0.3) is 0 Å². The zero-order valence-corrected chi connectivity index (χ0v) is 20.1. The van der Waals surface area contributed by atoms with Crippen LogP contribution in [0.15, 0.2) is 36.7 Å². The minimum atomic E-state index is 0.0630. The Morgan fingerprint density at radius 2 is 1.91 bits per heavy atom. The van der Waals surface area contributed by atoms with E-state index in [9.17, 15) is 4.79 Å². The molecule has 1 atom stereocenters. The van der Waals surface area contributed by atoms with Crippen molar-refractivity contribution < 1.29 is 4.79 Å². The molecule has 2 aromatic heterocycles. The van der Waals surface area contributed by atoms with E-state index >= 15 is 0 Å². The van der Waals surface area contributed by atoms with Crippen LogP contribution >= 0.6 is 0 Å². The molecule has 2 aliphatic heterocycles. The molecule has 4 rings (SSSR count). The Balaban J connectivity index is 1.42. The molecule has 2 aliphatic rings. The van der Waals surface area contributed by atoms with Crippen LogP contribution in [0.3, 0.4) is 0 Å². The first kappa shape index (κ1) is 22.7. The van der Waals surface area contributed by atoms with Gasteiger partial charge in [0, 0.05) is 30.2 Å². The third kappa shape index (κ3) is 5.29. The Labute approximate surface area is 192 Å². The van der Waals surface area contributed by atoms with Crippen LogP contribution < -0.4 is 10.6 Å². The van der Waals surface area contributed by atoms with Crippen LogP contribution in [0.5, 0.6) is 0 Å². The summed E-state index contributed by atoms with van der Waals surface area (Å²) in [6.45, 7) is 11.8. The van der Waals surface area contributed by atoms with E-state index in [0.29, 0.717) is 12.3 Å². The van der Waals surface area contributed by atoms with Crippen LogP contribution in [-0.2, 0) is 4.79 Å². The molecule has 172 valence electrons. The van der Waals surface area contributed by atoms with Crippen LogP contribution in [0, 0.1) is 12.8 Å². The normalized spacial score (nSPS) is 22.7. The topological polar surface area (TPSA) is 70.2 Å². The van der Waals surface area contributed by atoms with Gasteiger partial charge in [0.2, 0.25) is 5.91 Å². The second kappa shape index (κ2) is 8.81. The number of likely N-dealkylation sites (tertiary alicyclic amines) is 1. The Kier molecular flexibility index (Phi) is 6.26. The molecule has 2 N–H and O–H groups in total. The van der Waals surface area contributed by atoms with Crippen LogP contribution in [-0.4, -0.2) is 38.4 Å². The number of hydrogen-bond donors (Lipinski definition) is 2. The van der Waals surface area contributed by atoms with E-state index in [1.54, 1.807) is 6.20 Å².